The van der Waals surface area contributed by atoms with Crippen LogP contribution < -0.4 is 0 Å². The number of benzene rings is 1. The number of halogens is 3. The first-order valence-electron chi connectivity index (χ1n) is 12.0. The van der Waals surface area contributed by atoms with Gasteiger partial charge in [0.05, 0.1) is 39.1 Å². The standard InChI is InChI=1S/C26H21Cl2FN4O3S/c27-17-10-31-11-18(28)21(17)22-16(24(36-33-22)14-1-2-14)12-35-15-3-5-26(34,6-4-15)25-32-23-19(29)7-13(9-30)8-20(23)37-25/h7-8,10-11,14-15,34H,1-6,12H2/t15-,26+. The zero-order chi connectivity index (χ0) is 25.7. The minimum atomic E-state index is -1.16. The minimum absolute atomic E-state index is 0.0882. The number of pyridine rings is 1. The van der Waals surface area contributed by atoms with E-state index in [1.165, 1.54) is 29.8 Å². The van der Waals surface area contributed by atoms with Crippen LogP contribution in [0.4, 0.5) is 4.39 Å². The van der Waals surface area contributed by atoms with Crippen molar-refractivity contribution in [3.63, 3.8) is 0 Å². The average molecular weight is 559 g/mol. The maximum atomic E-state index is 14.4. The summed E-state index contributed by atoms with van der Waals surface area (Å²) in [6.07, 6.45) is 7.10. The van der Waals surface area contributed by atoms with E-state index in [-0.39, 0.29) is 23.8 Å². The largest absolute Gasteiger partial charge is 0.383 e. The van der Waals surface area contributed by atoms with Crippen LogP contribution in [0.3, 0.4) is 0 Å². The molecule has 0 unspecified atom stereocenters. The molecular formula is C26H21Cl2FN4O3S. The predicted octanol–water partition coefficient (Wildman–Crippen LogP) is 6.89. The van der Waals surface area contributed by atoms with E-state index >= 15 is 0 Å². The average Bonchev–Trinajstić information content (AvgIpc) is 3.49. The normalized spacial score (nSPS) is 21.9. The van der Waals surface area contributed by atoms with Crippen LogP contribution >= 0.6 is 34.5 Å². The molecule has 0 bridgehead atoms. The van der Waals surface area contributed by atoms with Crippen molar-refractivity contribution in [2.75, 3.05) is 0 Å². The molecule has 190 valence electrons. The molecule has 37 heavy (non-hydrogen) atoms. The highest BCUT2D eigenvalue weighted by Crippen LogP contribution is 2.47. The van der Waals surface area contributed by atoms with Gasteiger partial charge in [-0.2, -0.15) is 5.26 Å². The van der Waals surface area contributed by atoms with E-state index in [9.17, 15) is 9.50 Å². The fraction of sp³-hybridized carbons (Fsp3) is 0.385. The lowest BCUT2D eigenvalue weighted by Gasteiger charge is -2.34. The quantitative estimate of drug-likeness (QED) is 0.274. The van der Waals surface area contributed by atoms with Crippen molar-refractivity contribution in [3.8, 4) is 17.3 Å². The Kier molecular flexibility index (Phi) is 6.42. The Morgan fingerprint density at radius 1 is 1.19 bits per heavy atom. The Hall–Kier alpha value is -2.61. The fourth-order valence-electron chi connectivity index (χ4n) is 4.86. The number of thiazole rings is 1. The SMILES string of the molecule is N#Cc1cc(F)c2nc([C@]3(O)CC[C@@H](OCc4c(-c5c(Cl)cncc5Cl)noc4C4CC4)CC3)sc2c1. The summed E-state index contributed by atoms with van der Waals surface area (Å²) in [6.45, 7) is 0.284. The summed E-state index contributed by atoms with van der Waals surface area (Å²) in [5.41, 5.74) is 1.24. The van der Waals surface area contributed by atoms with Crippen molar-refractivity contribution in [1.82, 2.24) is 15.1 Å². The second kappa shape index (κ2) is 9.61. The van der Waals surface area contributed by atoms with E-state index in [0.29, 0.717) is 62.6 Å². The van der Waals surface area contributed by atoms with E-state index in [1.807, 2.05) is 6.07 Å². The fourth-order valence-corrected chi connectivity index (χ4v) is 6.57. The molecular weight excluding hydrogens is 538 g/mol. The van der Waals surface area contributed by atoms with Gasteiger partial charge in [-0.15, -0.1) is 11.3 Å². The Labute approximate surface area is 225 Å². The predicted molar refractivity (Wildman–Crippen MR) is 137 cm³/mol. The molecule has 6 rings (SSSR count). The summed E-state index contributed by atoms with van der Waals surface area (Å²) in [4.78, 5) is 8.41. The van der Waals surface area contributed by atoms with Crippen LogP contribution in [0.2, 0.25) is 10.0 Å². The lowest BCUT2D eigenvalue weighted by Crippen LogP contribution is -2.34. The van der Waals surface area contributed by atoms with Gasteiger partial charge in [0.25, 0.3) is 0 Å². The lowest BCUT2D eigenvalue weighted by atomic mass is 9.83. The van der Waals surface area contributed by atoms with Crippen LogP contribution in [0.1, 0.15) is 66.3 Å². The summed E-state index contributed by atoms with van der Waals surface area (Å²) in [7, 11) is 0. The van der Waals surface area contributed by atoms with E-state index in [0.717, 1.165) is 24.2 Å². The second-order valence-corrected chi connectivity index (χ2v) is 11.4. The molecule has 3 heterocycles. The number of aliphatic hydroxyl groups is 1. The molecule has 2 saturated carbocycles. The number of hydrogen-bond acceptors (Lipinski definition) is 8. The first-order valence-corrected chi connectivity index (χ1v) is 13.6. The first-order chi connectivity index (χ1) is 17.9. The number of hydrogen-bond donors (Lipinski definition) is 1. The molecule has 11 heteroatoms. The maximum absolute atomic E-state index is 14.4. The Bertz CT molecular complexity index is 1520. The molecule has 7 nitrogen and oxygen atoms in total. The van der Waals surface area contributed by atoms with Crippen molar-refractivity contribution in [3.05, 3.63) is 62.3 Å². The molecule has 1 aromatic carbocycles. The number of ether oxygens (including phenoxy) is 1. The zero-order valence-corrected chi connectivity index (χ0v) is 21.8. The molecule has 0 atom stereocenters. The first kappa shape index (κ1) is 24.7. The molecule has 0 spiro atoms. The summed E-state index contributed by atoms with van der Waals surface area (Å²) >= 11 is 14.0. The molecule has 2 fully saturated rings. The summed E-state index contributed by atoms with van der Waals surface area (Å²) in [5, 5.41) is 26.0. The molecule has 4 aromatic rings. The van der Waals surface area contributed by atoms with Crippen molar-refractivity contribution in [2.24, 2.45) is 0 Å². The summed E-state index contributed by atoms with van der Waals surface area (Å²) in [5.74, 6) is 0.568. The monoisotopic (exact) mass is 558 g/mol. The van der Waals surface area contributed by atoms with Gasteiger partial charge in [0.1, 0.15) is 27.6 Å². The molecule has 0 saturated heterocycles. The minimum Gasteiger partial charge on any atom is -0.383 e. The Morgan fingerprint density at radius 2 is 1.92 bits per heavy atom. The van der Waals surface area contributed by atoms with Gasteiger partial charge in [-0.3, -0.25) is 4.98 Å². The number of aromatic nitrogens is 3. The van der Waals surface area contributed by atoms with Crippen LogP contribution in [0, 0.1) is 17.1 Å². The number of fused-ring (bicyclic) bond motifs is 1. The molecule has 0 radical (unpaired) electrons. The molecule has 2 aliphatic carbocycles. The van der Waals surface area contributed by atoms with Crippen LogP contribution in [0.15, 0.2) is 29.0 Å². The maximum Gasteiger partial charge on any atom is 0.151 e. The van der Waals surface area contributed by atoms with Crippen LogP contribution in [0.5, 0.6) is 0 Å². The molecule has 1 N–H and O–H groups in total. The van der Waals surface area contributed by atoms with Crippen molar-refractivity contribution in [2.45, 2.75) is 62.8 Å². The summed E-state index contributed by atoms with van der Waals surface area (Å²) < 4.78 is 27.0. The summed E-state index contributed by atoms with van der Waals surface area (Å²) in [6, 6.07) is 4.73. The van der Waals surface area contributed by atoms with Gasteiger partial charge in [0.2, 0.25) is 0 Å². The van der Waals surface area contributed by atoms with Gasteiger partial charge in [-0.05, 0) is 50.7 Å². The van der Waals surface area contributed by atoms with Gasteiger partial charge >= 0.3 is 0 Å². The third-order valence-corrected chi connectivity index (χ3v) is 8.82. The number of rotatable bonds is 6. The third kappa shape index (κ3) is 4.62. The van der Waals surface area contributed by atoms with Gasteiger partial charge < -0.3 is 14.4 Å². The Morgan fingerprint density at radius 3 is 2.59 bits per heavy atom. The number of nitrogens with zero attached hydrogens (tertiary/aromatic N) is 4. The van der Waals surface area contributed by atoms with E-state index in [1.54, 1.807) is 6.07 Å². The highest BCUT2D eigenvalue weighted by atomic mass is 35.5. The van der Waals surface area contributed by atoms with E-state index in [4.69, 9.17) is 37.7 Å². The Balaban J connectivity index is 1.18. The van der Waals surface area contributed by atoms with Crippen LogP contribution in [0.25, 0.3) is 21.5 Å². The van der Waals surface area contributed by atoms with Crippen LogP contribution in [-0.2, 0) is 16.9 Å². The van der Waals surface area contributed by atoms with Gasteiger partial charge in [-0.25, -0.2) is 9.37 Å². The number of nitriles is 1. The second-order valence-electron chi connectivity index (χ2n) is 9.60. The molecule has 2 aliphatic rings. The third-order valence-electron chi connectivity index (χ3n) is 7.06. The highest BCUT2D eigenvalue weighted by Gasteiger charge is 2.39. The smallest absolute Gasteiger partial charge is 0.151 e. The van der Waals surface area contributed by atoms with Gasteiger partial charge in [0, 0.05) is 29.4 Å². The topological polar surface area (TPSA) is 105 Å². The molecule has 0 amide bonds. The van der Waals surface area contributed by atoms with Gasteiger partial charge in [0.15, 0.2) is 5.82 Å². The van der Waals surface area contributed by atoms with Crippen molar-refractivity contribution >= 4 is 44.8 Å². The van der Waals surface area contributed by atoms with Crippen molar-refractivity contribution in [1.29, 1.82) is 5.26 Å². The van der Waals surface area contributed by atoms with Crippen molar-refractivity contribution < 1.29 is 18.8 Å². The van der Waals surface area contributed by atoms with Gasteiger partial charge in [-0.1, -0.05) is 28.4 Å². The molecule has 3 aromatic heterocycles. The highest BCUT2D eigenvalue weighted by molar-refractivity contribution is 7.18. The lowest BCUT2D eigenvalue weighted by molar-refractivity contribution is -0.0641. The van der Waals surface area contributed by atoms with E-state index in [2.05, 4.69) is 15.1 Å². The van der Waals surface area contributed by atoms with Crippen LogP contribution in [-0.4, -0.2) is 26.3 Å². The molecule has 0 aliphatic heterocycles. The zero-order valence-electron chi connectivity index (χ0n) is 19.5. The van der Waals surface area contributed by atoms with E-state index < -0.39 is 11.4 Å².